The van der Waals surface area contributed by atoms with Gasteiger partial charge in [0.25, 0.3) is 0 Å². The number of methoxy groups -OCH3 is 1. The van der Waals surface area contributed by atoms with Crippen molar-refractivity contribution in [3.05, 3.63) is 47.5 Å². The molecular formula is C35H54O8S. The monoisotopic (exact) mass is 634 g/mol. The van der Waals surface area contributed by atoms with E-state index in [1.165, 1.54) is 25.7 Å². The summed E-state index contributed by atoms with van der Waals surface area (Å²) < 4.78 is 15.5. The predicted octanol–water partition coefficient (Wildman–Crippen LogP) is 5.99. The zero-order valence-electron chi connectivity index (χ0n) is 26.8. The molecule has 9 heteroatoms. The third-order valence-corrected chi connectivity index (χ3v) is 8.97. The van der Waals surface area contributed by atoms with E-state index < -0.39 is 12.2 Å². The summed E-state index contributed by atoms with van der Waals surface area (Å²) in [6, 6.07) is 7.88. The van der Waals surface area contributed by atoms with Crippen LogP contribution in [0.25, 0.3) is 0 Å². The Kier molecular flexibility index (Phi) is 20.0. The van der Waals surface area contributed by atoms with Gasteiger partial charge >= 0.3 is 11.9 Å². The van der Waals surface area contributed by atoms with Crippen LogP contribution in [0.1, 0.15) is 95.1 Å². The lowest BCUT2D eigenvalue weighted by Crippen LogP contribution is -2.20. The van der Waals surface area contributed by atoms with Crippen molar-refractivity contribution >= 4 is 29.5 Å². The number of ether oxygens (including phenoxy) is 3. The van der Waals surface area contributed by atoms with Crippen molar-refractivity contribution in [3.8, 4) is 0 Å². The fraction of sp³-hybridized carbons (Fsp3) is 0.686. The maximum Gasteiger partial charge on any atom is 0.305 e. The quantitative estimate of drug-likeness (QED) is 0.0803. The maximum atomic E-state index is 12.5. The van der Waals surface area contributed by atoms with E-state index in [0.717, 1.165) is 41.9 Å². The van der Waals surface area contributed by atoms with E-state index in [9.17, 15) is 24.6 Å². The highest BCUT2D eigenvalue weighted by molar-refractivity contribution is 7.99. The molecule has 2 rings (SSSR count). The molecule has 0 spiro atoms. The van der Waals surface area contributed by atoms with Crippen molar-refractivity contribution in [2.75, 3.05) is 31.8 Å². The fourth-order valence-electron chi connectivity index (χ4n) is 5.48. The minimum Gasteiger partial charge on any atom is -0.462 e. The number of rotatable bonds is 24. The van der Waals surface area contributed by atoms with Gasteiger partial charge in [-0.15, -0.1) is 0 Å². The molecule has 0 radical (unpaired) electrons. The van der Waals surface area contributed by atoms with Crippen LogP contribution in [0.3, 0.4) is 0 Å². The molecule has 1 saturated carbocycles. The van der Waals surface area contributed by atoms with Crippen LogP contribution in [-0.2, 0) is 41.6 Å². The second-order valence-electron chi connectivity index (χ2n) is 11.6. The van der Waals surface area contributed by atoms with Gasteiger partial charge < -0.3 is 24.4 Å². The molecule has 248 valence electrons. The van der Waals surface area contributed by atoms with Crippen LogP contribution >= 0.6 is 11.8 Å². The Morgan fingerprint density at radius 1 is 0.977 bits per heavy atom. The predicted molar refractivity (Wildman–Crippen MR) is 174 cm³/mol. The molecule has 44 heavy (non-hydrogen) atoms. The normalized spacial score (nSPS) is 19.0. The molecule has 8 nitrogen and oxygen atoms in total. The molecule has 1 aliphatic carbocycles. The molecule has 0 heterocycles. The number of hydrogen-bond donors (Lipinski definition) is 2. The highest BCUT2D eigenvalue weighted by Gasteiger charge is 2.39. The number of aliphatic hydroxyl groups excluding tert-OH is 2. The zero-order valence-corrected chi connectivity index (χ0v) is 27.6. The van der Waals surface area contributed by atoms with Gasteiger partial charge in [-0.1, -0.05) is 81.9 Å². The lowest BCUT2D eigenvalue weighted by molar-refractivity contribution is -0.152. The van der Waals surface area contributed by atoms with Gasteiger partial charge in [-0.2, -0.15) is 11.8 Å². The zero-order chi connectivity index (χ0) is 32.0. The van der Waals surface area contributed by atoms with Gasteiger partial charge in [-0.05, 0) is 41.9 Å². The van der Waals surface area contributed by atoms with E-state index in [1.54, 1.807) is 31.0 Å². The first-order chi connectivity index (χ1) is 21.3. The van der Waals surface area contributed by atoms with Crippen LogP contribution in [0.5, 0.6) is 0 Å². The van der Waals surface area contributed by atoms with Crippen LogP contribution in [0.4, 0.5) is 0 Å². The molecule has 0 saturated heterocycles. The number of carbonyl (C=O) groups excluding carboxylic acids is 3. The molecular weight excluding hydrogens is 580 g/mol. The maximum absolute atomic E-state index is 12.5. The summed E-state index contributed by atoms with van der Waals surface area (Å²) in [5.74, 6) is 0.427. The molecule has 0 aromatic heterocycles. The standard InChI is InChI=1S/C35H54O8S/c1-3-4-5-6-7-8-9-14-34(39)42-19-20-43-35(40)15-11-21-44-22-18-31-30(32(37)25-33(31)38)17-16-29(36)24-27-12-10-13-28(23-27)26-41-2/h10,12-13,16-17,23,29-32,36-37H,3-9,11,14-15,18-22,24-26H2,1-2H3/b17-16+/t29-,30-,31-,32-/m1/s1. The largest absolute Gasteiger partial charge is 0.462 e. The number of ketones is 1. The molecule has 1 aromatic carbocycles. The van der Waals surface area contributed by atoms with Gasteiger partial charge in [0.1, 0.15) is 19.0 Å². The highest BCUT2D eigenvalue weighted by atomic mass is 32.2. The highest BCUT2D eigenvalue weighted by Crippen LogP contribution is 2.34. The van der Waals surface area contributed by atoms with E-state index in [0.29, 0.717) is 32.3 Å². The lowest BCUT2D eigenvalue weighted by Gasteiger charge is -2.18. The average molecular weight is 635 g/mol. The van der Waals surface area contributed by atoms with Crippen molar-refractivity contribution in [2.45, 2.75) is 109 Å². The summed E-state index contributed by atoms with van der Waals surface area (Å²) in [6.07, 6.45) is 12.6. The van der Waals surface area contributed by atoms with Gasteiger partial charge in [0, 0.05) is 44.6 Å². The second kappa shape index (κ2) is 23.2. The third-order valence-electron chi connectivity index (χ3n) is 7.87. The Morgan fingerprint density at radius 3 is 2.34 bits per heavy atom. The smallest absolute Gasteiger partial charge is 0.305 e. The van der Waals surface area contributed by atoms with Crippen LogP contribution in [0.2, 0.25) is 0 Å². The number of thioether (sulfide) groups is 1. The topological polar surface area (TPSA) is 119 Å². The molecule has 0 bridgehead atoms. The average Bonchev–Trinajstić information content (AvgIpc) is 3.27. The Bertz CT molecular complexity index is 997. The summed E-state index contributed by atoms with van der Waals surface area (Å²) in [5.41, 5.74) is 2.04. The van der Waals surface area contributed by atoms with E-state index >= 15 is 0 Å². The van der Waals surface area contributed by atoms with Gasteiger partial charge in [0.2, 0.25) is 0 Å². The van der Waals surface area contributed by atoms with Crippen LogP contribution in [0.15, 0.2) is 36.4 Å². The lowest BCUT2D eigenvalue weighted by atomic mass is 9.91. The molecule has 1 aliphatic rings. The number of Topliss-reactive ketones (excluding diaryl/α,β-unsaturated/α-hetero) is 1. The van der Waals surface area contributed by atoms with Crippen molar-refractivity contribution in [1.82, 2.24) is 0 Å². The van der Waals surface area contributed by atoms with Gasteiger partial charge in [-0.25, -0.2) is 0 Å². The molecule has 0 amide bonds. The summed E-state index contributed by atoms with van der Waals surface area (Å²) in [5, 5.41) is 21.0. The van der Waals surface area contributed by atoms with Gasteiger partial charge in [0.05, 0.1) is 18.8 Å². The van der Waals surface area contributed by atoms with Crippen molar-refractivity contribution in [3.63, 3.8) is 0 Å². The number of esters is 2. The minimum atomic E-state index is -0.736. The molecule has 2 N–H and O–H groups in total. The van der Waals surface area contributed by atoms with Gasteiger partial charge in [0.15, 0.2) is 0 Å². The molecule has 1 fully saturated rings. The Balaban J connectivity index is 1.56. The van der Waals surface area contributed by atoms with E-state index in [1.807, 2.05) is 24.3 Å². The Hall–Kier alpha value is -2.20. The third kappa shape index (κ3) is 16.2. The van der Waals surface area contributed by atoms with E-state index in [-0.39, 0.29) is 55.6 Å². The van der Waals surface area contributed by atoms with Crippen molar-refractivity contribution in [1.29, 1.82) is 0 Å². The van der Waals surface area contributed by atoms with Crippen LogP contribution in [0, 0.1) is 11.8 Å². The SMILES string of the molecule is CCCCCCCCCC(=O)OCCOC(=O)CCCSCC[C@H]1C(=O)C[C@@H](O)[C@@H]1/C=C/[C@@H](O)Cc1cccc(COC)c1. The Morgan fingerprint density at radius 2 is 1.64 bits per heavy atom. The van der Waals surface area contributed by atoms with Gasteiger partial charge in [-0.3, -0.25) is 14.4 Å². The number of aliphatic hydroxyl groups is 2. The molecule has 4 atom stereocenters. The number of benzene rings is 1. The van der Waals surface area contributed by atoms with E-state index in [4.69, 9.17) is 14.2 Å². The number of carbonyl (C=O) groups is 3. The minimum absolute atomic E-state index is 0.0567. The Labute approximate surface area is 268 Å². The first kappa shape index (κ1) is 38.0. The molecule has 0 aliphatic heterocycles. The summed E-state index contributed by atoms with van der Waals surface area (Å²) >= 11 is 1.67. The number of unbranched alkanes of at least 4 members (excludes halogenated alkanes) is 6. The summed E-state index contributed by atoms with van der Waals surface area (Å²) in [6.45, 7) is 2.87. The fourth-order valence-corrected chi connectivity index (χ4v) is 6.46. The number of hydrogen-bond acceptors (Lipinski definition) is 9. The van der Waals surface area contributed by atoms with Crippen molar-refractivity contribution < 1.29 is 38.8 Å². The van der Waals surface area contributed by atoms with Crippen LogP contribution in [-0.4, -0.2) is 72.0 Å². The second-order valence-corrected chi connectivity index (χ2v) is 12.9. The van der Waals surface area contributed by atoms with E-state index in [2.05, 4.69) is 6.92 Å². The molecule has 1 aromatic rings. The van der Waals surface area contributed by atoms with Crippen molar-refractivity contribution in [2.24, 2.45) is 11.8 Å². The summed E-state index contributed by atoms with van der Waals surface area (Å²) in [4.78, 5) is 36.3. The van der Waals surface area contributed by atoms with Crippen LogP contribution < -0.4 is 0 Å². The first-order valence-electron chi connectivity index (χ1n) is 16.4. The summed E-state index contributed by atoms with van der Waals surface area (Å²) in [7, 11) is 1.65. The first-order valence-corrected chi connectivity index (χ1v) is 17.5. The molecule has 0 unspecified atom stereocenters.